The zero-order valence-electron chi connectivity index (χ0n) is 12.6. The van der Waals surface area contributed by atoms with Gasteiger partial charge in [-0.2, -0.15) is 0 Å². The van der Waals surface area contributed by atoms with E-state index in [1.165, 1.54) is 0 Å². The Morgan fingerprint density at radius 1 is 1.33 bits per heavy atom. The number of rotatable bonds is 7. The van der Waals surface area contributed by atoms with Gasteiger partial charge < -0.3 is 14.6 Å². The van der Waals surface area contributed by atoms with Gasteiger partial charge in [0.2, 0.25) is 5.89 Å². The average molecular weight is 309 g/mol. The fourth-order valence-corrected chi connectivity index (χ4v) is 2.13. The molecule has 1 N–H and O–H groups in total. The van der Waals surface area contributed by atoms with Gasteiger partial charge in [0.15, 0.2) is 0 Å². The van der Waals surface area contributed by atoms with Crippen LogP contribution in [0.15, 0.2) is 28.7 Å². The summed E-state index contributed by atoms with van der Waals surface area (Å²) in [5.41, 5.74) is 1.10. The van der Waals surface area contributed by atoms with Crippen LogP contribution in [-0.2, 0) is 13.1 Å². The maximum absolute atomic E-state index is 5.98. The third kappa shape index (κ3) is 5.02. The molecule has 1 heterocycles. The van der Waals surface area contributed by atoms with Crippen molar-refractivity contribution in [3.8, 4) is 0 Å². The number of anilines is 1. The summed E-state index contributed by atoms with van der Waals surface area (Å²) in [5, 5.41) is 12.1. The van der Waals surface area contributed by atoms with Gasteiger partial charge in [0.25, 0.3) is 0 Å². The molecule has 2 rings (SSSR count). The standard InChI is InChI=1S/C15H21ClN4O/c1-11(2)8-17-9-14-18-19-15(21-14)20(3)10-12-5-4-6-13(16)7-12/h4-7,11,17H,8-10H2,1-3H3. The minimum Gasteiger partial charge on any atom is -0.407 e. The van der Waals surface area contributed by atoms with E-state index in [0.29, 0.717) is 30.9 Å². The first kappa shape index (κ1) is 15.8. The lowest BCUT2D eigenvalue weighted by atomic mass is 10.2. The van der Waals surface area contributed by atoms with Crippen LogP contribution in [-0.4, -0.2) is 23.8 Å². The summed E-state index contributed by atoms with van der Waals surface area (Å²) in [6, 6.07) is 8.25. The van der Waals surface area contributed by atoms with Gasteiger partial charge in [0.1, 0.15) is 0 Å². The van der Waals surface area contributed by atoms with E-state index in [1.54, 1.807) is 0 Å². The van der Waals surface area contributed by atoms with Crippen LogP contribution in [0.1, 0.15) is 25.3 Å². The maximum Gasteiger partial charge on any atom is 0.318 e. The summed E-state index contributed by atoms with van der Waals surface area (Å²) < 4.78 is 5.64. The Hall–Kier alpha value is -1.59. The molecule has 0 aliphatic rings. The van der Waals surface area contributed by atoms with Crippen LogP contribution in [0.3, 0.4) is 0 Å². The van der Waals surface area contributed by atoms with E-state index >= 15 is 0 Å². The summed E-state index contributed by atoms with van der Waals surface area (Å²) in [6.07, 6.45) is 0. The van der Waals surface area contributed by atoms with Crippen molar-refractivity contribution < 1.29 is 4.42 Å². The Labute approximate surface area is 130 Å². The van der Waals surface area contributed by atoms with Gasteiger partial charge in [0, 0.05) is 18.6 Å². The third-order valence-electron chi connectivity index (χ3n) is 2.92. The molecule has 0 unspecified atom stereocenters. The van der Waals surface area contributed by atoms with Gasteiger partial charge in [-0.1, -0.05) is 42.7 Å². The van der Waals surface area contributed by atoms with E-state index in [2.05, 4.69) is 29.4 Å². The van der Waals surface area contributed by atoms with Crippen LogP contribution < -0.4 is 10.2 Å². The molecule has 0 fully saturated rings. The Bertz CT molecular complexity index is 570. The molecule has 0 aliphatic carbocycles. The van der Waals surface area contributed by atoms with Gasteiger partial charge in [-0.25, -0.2) is 0 Å². The van der Waals surface area contributed by atoms with Crippen LogP contribution in [0.5, 0.6) is 0 Å². The van der Waals surface area contributed by atoms with E-state index < -0.39 is 0 Å². The van der Waals surface area contributed by atoms with Gasteiger partial charge in [-0.05, 0) is 30.2 Å². The van der Waals surface area contributed by atoms with Crippen molar-refractivity contribution >= 4 is 17.6 Å². The van der Waals surface area contributed by atoms with Gasteiger partial charge >= 0.3 is 6.01 Å². The van der Waals surface area contributed by atoms with Crippen molar-refractivity contribution in [2.75, 3.05) is 18.5 Å². The van der Waals surface area contributed by atoms with E-state index in [4.69, 9.17) is 16.0 Å². The number of nitrogens with one attached hydrogen (secondary N) is 1. The molecule has 1 aromatic heterocycles. The lowest BCUT2D eigenvalue weighted by molar-refractivity contribution is 0.450. The second-order valence-electron chi connectivity index (χ2n) is 5.49. The first-order chi connectivity index (χ1) is 10.0. The predicted octanol–water partition coefficient (Wildman–Crippen LogP) is 3.11. The fourth-order valence-electron chi connectivity index (χ4n) is 1.92. The Morgan fingerprint density at radius 2 is 2.14 bits per heavy atom. The molecule has 0 atom stereocenters. The molecule has 0 spiro atoms. The lowest BCUT2D eigenvalue weighted by Crippen LogP contribution is -2.19. The van der Waals surface area contributed by atoms with E-state index in [0.717, 1.165) is 17.1 Å². The van der Waals surface area contributed by atoms with Crippen molar-refractivity contribution in [2.24, 2.45) is 5.92 Å². The molecule has 0 saturated carbocycles. The highest BCUT2D eigenvalue weighted by Gasteiger charge is 2.11. The molecule has 0 aliphatic heterocycles. The van der Waals surface area contributed by atoms with Crippen molar-refractivity contribution in [1.29, 1.82) is 0 Å². The molecular weight excluding hydrogens is 288 g/mol. The topological polar surface area (TPSA) is 54.2 Å². The number of aromatic nitrogens is 2. The normalized spacial score (nSPS) is 11.1. The smallest absolute Gasteiger partial charge is 0.318 e. The van der Waals surface area contributed by atoms with Gasteiger partial charge in [0.05, 0.1) is 6.54 Å². The fraction of sp³-hybridized carbons (Fsp3) is 0.467. The van der Waals surface area contributed by atoms with Crippen molar-refractivity contribution in [1.82, 2.24) is 15.5 Å². The molecule has 0 amide bonds. The van der Waals surface area contributed by atoms with Crippen LogP contribution in [0, 0.1) is 5.92 Å². The Morgan fingerprint density at radius 3 is 2.86 bits per heavy atom. The Kier molecular flexibility index (Phi) is 5.59. The van der Waals surface area contributed by atoms with Crippen LogP contribution >= 0.6 is 11.6 Å². The van der Waals surface area contributed by atoms with Crippen LogP contribution in [0.2, 0.25) is 5.02 Å². The van der Waals surface area contributed by atoms with Crippen LogP contribution in [0.25, 0.3) is 0 Å². The summed E-state index contributed by atoms with van der Waals surface area (Å²) in [6.45, 7) is 6.50. The molecular formula is C15H21ClN4O. The highest BCUT2D eigenvalue weighted by molar-refractivity contribution is 6.30. The summed E-state index contributed by atoms with van der Waals surface area (Å²) in [7, 11) is 1.92. The zero-order valence-corrected chi connectivity index (χ0v) is 13.4. The number of nitrogens with zero attached hydrogens (tertiary/aromatic N) is 3. The molecule has 5 nitrogen and oxygen atoms in total. The van der Waals surface area contributed by atoms with E-state index in [1.807, 2.05) is 36.2 Å². The largest absolute Gasteiger partial charge is 0.407 e. The number of hydrogen-bond acceptors (Lipinski definition) is 5. The van der Waals surface area contributed by atoms with Crippen molar-refractivity contribution in [3.63, 3.8) is 0 Å². The molecule has 6 heteroatoms. The van der Waals surface area contributed by atoms with Crippen molar-refractivity contribution in [2.45, 2.75) is 26.9 Å². The highest BCUT2D eigenvalue weighted by atomic mass is 35.5. The number of benzene rings is 1. The predicted molar refractivity (Wildman–Crippen MR) is 84.4 cm³/mol. The summed E-state index contributed by atoms with van der Waals surface area (Å²) in [5.74, 6) is 1.20. The summed E-state index contributed by atoms with van der Waals surface area (Å²) in [4.78, 5) is 1.91. The quantitative estimate of drug-likeness (QED) is 0.852. The molecule has 2 aromatic rings. The van der Waals surface area contributed by atoms with Crippen molar-refractivity contribution in [3.05, 3.63) is 40.7 Å². The molecule has 1 aromatic carbocycles. The number of halogens is 1. The zero-order chi connectivity index (χ0) is 15.2. The minimum absolute atomic E-state index is 0.510. The van der Waals surface area contributed by atoms with Gasteiger partial charge in [-0.3, -0.25) is 0 Å². The monoisotopic (exact) mass is 308 g/mol. The lowest BCUT2D eigenvalue weighted by Gasteiger charge is -2.13. The average Bonchev–Trinajstić information content (AvgIpc) is 2.87. The second kappa shape index (κ2) is 7.43. The van der Waals surface area contributed by atoms with Gasteiger partial charge in [-0.15, -0.1) is 5.10 Å². The second-order valence-corrected chi connectivity index (χ2v) is 5.93. The molecule has 0 bridgehead atoms. The highest BCUT2D eigenvalue weighted by Crippen LogP contribution is 2.16. The first-order valence-corrected chi connectivity index (χ1v) is 7.41. The molecule has 21 heavy (non-hydrogen) atoms. The number of hydrogen-bond donors (Lipinski definition) is 1. The third-order valence-corrected chi connectivity index (χ3v) is 3.16. The van der Waals surface area contributed by atoms with E-state index in [-0.39, 0.29) is 0 Å². The first-order valence-electron chi connectivity index (χ1n) is 7.03. The molecule has 0 radical (unpaired) electrons. The maximum atomic E-state index is 5.98. The Balaban J connectivity index is 1.91. The SMILES string of the molecule is CC(C)CNCc1nnc(N(C)Cc2cccc(Cl)c2)o1. The molecule has 114 valence electrons. The molecule has 0 saturated heterocycles. The summed E-state index contributed by atoms with van der Waals surface area (Å²) >= 11 is 5.98. The minimum atomic E-state index is 0.510. The van der Waals surface area contributed by atoms with Crippen LogP contribution in [0.4, 0.5) is 6.01 Å². The van der Waals surface area contributed by atoms with E-state index in [9.17, 15) is 0 Å².